The molecule has 2 bridgehead atoms. The van der Waals surface area contributed by atoms with E-state index >= 15 is 0 Å². The monoisotopic (exact) mass is 452 g/mol. The Morgan fingerprint density at radius 1 is 1.00 bits per heavy atom. The van der Waals surface area contributed by atoms with E-state index in [1.165, 1.54) is 27.9 Å². The molecule has 1 saturated heterocycles. The van der Waals surface area contributed by atoms with Crippen LogP contribution in [0.1, 0.15) is 41.0 Å². The van der Waals surface area contributed by atoms with E-state index in [4.69, 9.17) is 0 Å². The lowest BCUT2D eigenvalue weighted by Crippen LogP contribution is -2.60. The zero-order chi connectivity index (χ0) is 23.5. The number of nitrogens with zero attached hydrogens (tertiary/aromatic N) is 2. The standard InChI is InChI=1S/C30H32N2O2/c1-31(2)23-14-12-22(13-15-23)29-17-16-26(24-10-6-7-11-25(24)29)30(28(33)34)20-32(19-27(29)30)18-21-8-4-3-5-9-21/h3-15,26-27H,16-20H2,1-2H3,(H,33,34). The molecular formula is C30H32N2O2. The average Bonchev–Trinajstić information content (AvgIpc) is 3.27. The van der Waals surface area contributed by atoms with Gasteiger partial charge in [-0.1, -0.05) is 66.7 Å². The maximum atomic E-state index is 13.2. The molecule has 4 unspecified atom stereocenters. The SMILES string of the molecule is CN(C)c1ccc(C23CCC(c4ccccc42)C2(C(=O)O)CN(Cc4ccccc4)CC32)cc1. The molecule has 1 heterocycles. The van der Waals surface area contributed by atoms with Crippen molar-refractivity contribution < 1.29 is 9.90 Å². The number of carbonyl (C=O) groups is 1. The molecule has 1 saturated carbocycles. The quantitative estimate of drug-likeness (QED) is 0.583. The number of benzene rings is 3. The predicted molar refractivity (Wildman–Crippen MR) is 135 cm³/mol. The molecule has 2 fully saturated rings. The Labute approximate surface area is 201 Å². The molecular weight excluding hydrogens is 420 g/mol. The van der Waals surface area contributed by atoms with Gasteiger partial charge in [-0.05, 0) is 47.2 Å². The largest absolute Gasteiger partial charge is 0.481 e. The Morgan fingerprint density at radius 2 is 1.71 bits per heavy atom. The Morgan fingerprint density at radius 3 is 2.41 bits per heavy atom. The molecule has 34 heavy (non-hydrogen) atoms. The molecule has 0 aromatic heterocycles. The van der Waals surface area contributed by atoms with Gasteiger partial charge in [0.1, 0.15) is 0 Å². The molecule has 1 N–H and O–H groups in total. The summed E-state index contributed by atoms with van der Waals surface area (Å²) < 4.78 is 0. The highest BCUT2D eigenvalue weighted by Crippen LogP contribution is 2.69. The number of hydrogen-bond acceptors (Lipinski definition) is 3. The first kappa shape index (κ1) is 21.4. The number of carboxylic acid groups (broad SMARTS) is 1. The molecule has 4 nitrogen and oxygen atoms in total. The maximum absolute atomic E-state index is 13.2. The molecule has 4 heteroatoms. The van der Waals surface area contributed by atoms with Gasteiger partial charge in [-0.15, -0.1) is 0 Å². The summed E-state index contributed by atoms with van der Waals surface area (Å²) in [7, 11) is 4.12. The number of carboxylic acids is 1. The van der Waals surface area contributed by atoms with Crippen molar-refractivity contribution in [2.24, 2.45) is 11.3 Å². The van der Waals surface area contributed by atoms with E-state index in [2.05, 4.69) is 96.7 Å². The van der Waals surface area contributed by atoms with Crippen LogP contribution < -0.4 is 4.90 Å². The Balaban J connectivity index is 1.52. The molecule has 4 aliphatic rings. The lowest BCUT2D eigenvalue weighted by Gasteiger charge is -2.59. The van der Waals surface area contributed by atoms with E-state index in [0.29, 0.717) is 6.54 Å². The molecule has 1 aliphatic heterocycles. The Kier molecular flexibility index (Phi) is 4.86. The van der Waals surface area contributed by atoms with E-state index in [-0.39, 0.29) is 17.3 Å². The van der Waals surface area contributed by atoms with Gasteiger partial charge in [0, 0.05) is 56.7 Å². The highest BCUT2D eigenvalue weighted by Gasteiger charge is 2.70. The van der Waals surface area contributed by atoms with Crippen LogP contribution in [-0.2, 0) is 16.8 Å². The minimum absolute atomic E-state index is 0.0417. The van der Waals surface area contributed by atoms with Crippen molar-refractivity contribution >= 4 is 11.7 Å². The summed E-state index contributed by atoms with van der Waals surface area (Å²) in [4.78, 5) is 17.8. The fourth-order valence-corrected chi connectivity index (χ4v) is 7.57. The van der Waals surface area contributed by atoms with Crippen LogP contribution in [0.3, 0.4) is 0 Å². The van der Waals surface area contributed by atoms with Gasteiger partial charge < -0.3 is 10.0 Å². The van der Waals surface area contributed by atoms with Gasteiger partial charge in [0.15, 0.2) is 0 Å². The van der Waals surface area contributed by atoms with Gasteiger partial charge in [-0.2, -0.15) is 0 Å². The molecule has 0 amide bonds. The van der Waals surface area contributed by atoms with Gasteiger partial charge >= 0.3 is 5.97 Å². The zero-order valence-corrected chi connectivity index (χ0v) is 19.9. The molecule has 0 spiro atoms. The second-order valence-electron chi connectivity index (χ2n) is 10.6. The van der Waals surface area contributed by atoms with Crippen molar-refractivity contribution in [2.45, 2.75) is 30.7 Å². The summed E-state index contributed by atoms with van der Waals surface area (Å²) in [5.74, 6) is -0.517. The van der Waals surface area contributed by atoms with Gasteiger partial charge in [0.05, 0.1) is 5.41 Å². The third-order valence-corrected chi connectivity index (χ3v) is 8.95. The van der Waals surface area contributed by atoms with Crippen LogP contribution in [0.2, 0.25) is 0 Å². The first-order valence-electron chi connectivity index (χ1n) is 12.3. The topological polar surface area (TPSA) is 43.8 Å². The molecule has 4 atom stereocenters. The first-order valence-corrected chi connectivity index (χ1v) is 12.3. The van der Waals surface area contributed by atoms with Gasteiger partial charge in [0.25, 0.3) is 0 Å². The number of likely N-dealkylation sites (tertiary alicyclic amines) is 1. The van der Waals surface area contributed by atoms with Crippen molar-refractivity contribution in [1.82, 2.24) is 4.90 Å². The lowest BCUT2D eigenvalue weighted by atomic mass is 9.42. The number of rotatable bonds is 5. The normalized spacial score (nSPS) is 29.5. The van der Waals surface area contributed by atoms with Crippen LogP contribution in [0.4, 0.5) is 5.69 Å². The molecule has 3 aromatic rings. The Hall–Kier alpha value is -3.11. The zero-order valence-electron chi connectivity index (χ0n) is 19.9. The van der Waals surface area contributed by atoms with E-state index in [1.807, 2.05) is 6.07 Å². The minimum atomic E-state index is -0.762. The first-order chi connectivity index (χ1) is 16.5. The third kappa shape index (κ3) is 2.84. The van der Waals surface area contributed by atoms with Crippen molar-refractivity contribution in [1.29, 1.82) is 0 Å². The smallest absolute Gasteiger partial charge is 0.311 e. The average molecular weight is 453 g/mol. The Bertz CT molecular complexity index is 1220. The van der Waals surface area contributed by atoms with Crippen LogP contribution >= 0.6 is 0 Å². The second kappa shape index (κ2) is 7.71. The van der Waals surface area contributed by atoms with Crippen LogP contribution in [0.25, 0.3) is 0 Å². The summed E-state index contributed by atoms with van der Waals surface area (Å²) in [5, 5.41) is 10.9. The van der Waals surface area contributed by atoms with E-state index in [1.54, 1.807) is 0 Å². The van der Waals surface area contributed by atoms with Crippen LogP contribution in [0.15, 0.2) is 78.9 Å². The number of fused-ring (bicyclic) bond motifs is 1. The van der Waals surface area contributed by atoms with Gasteiger partial charge in [-0.25, -0.2) is 0 Å². The predicted octanol–water partition coefficient (Wildman–Crippen LogP) is 5.13. The highest BCUT2D eigenvalue weighted by molar-refractivity contribution is 5.80. The van der Waals surface area contributed by atoms with Gasteiger partial charge in [-0.3, -0.25) is 9.69 Å². The lowest BCUT2D eigenvalue weighted by molar-refractivity contribution is -0.157. The van der Waals surface area contributed by atoms with Crippen LogP contribution in [0.5, 0.6) is 0 Å². The summed E-state index contributed by atoms with van der Waals surface area (Å²) in [5.41, 5.74) is 5.25. The summed E-state index contributed by atoms with van der Waals surface area (Å²) in [6.07, 6.45) is 1.93. The maximum Gasteiger partial charge on any atom is 0.311 e. The second-order valence-corrected chi connectivity index (χ2v) is 10.6. The van der Waals surface area contributed by atoms with Crippen molar-refractivity contribution in [2.75, 3.05) is 32.1 Å². The summed E-state index contributed by atoms with van der Waals surface area (Å²) in [6, 6.07) is 28.0. The fourth-order valence-electron chi connectivity index (χ4n) is 7.57. The van der Waals surface area contributed by atoms with Crippen molar-refractivity contribution in [3.05, 3.63) is 101 Å². The highest BCUT2D eigenvalue weighted by atomic mass is 16.4. The molecule has 3 aromatic carbocycles. The van der Waals surface area contributed by atoms with Crippen molar-refractivity contribution in [3.63, 3.8) is 0 Å². The van der Waals surface area contributed by atoms with Crippen LogP contribution in [0, 0.1) is 11.3 Å². The number of hydrogen-bond donors (Lipinski definition) is 1. The molecule has 174 valence electrons. The van der Waals surface area contributed by atoms with E-state index < -0.39 is 11.4 Å². The molecule has 3 aliphatic carbocycles. The summed E-state index contributed by atoms with van der Waals surface area (Å²) in [6.45, 7) is 2.21. The van der Waals surface area contributed by atoms with E-state index in [9.17, 15) is 9.90 Å². The summed E-state index contributed by atoms with van der Waals surface area (Å²) >= 11 is 0. The van der Waals surface area contributed by atoms with Crippen molar-refractivity contribution in [3.8, 4) is 0 Å². The number of aliphatic carboxylic acids is 1. The van der Waals surface area contributed by atoms with E-state index in [0.717, 1.165) is 25.9 Å². The fraction of sp³-hybridized carbons (Fsp3) is 0.367. The van der Waals surface area contributed by atoms with Gasteiger partial charge in [0.2, 0.25) is 0 Å². The number of anilines is 1. The third-order valence-electron chi connectivity index (χ3n) is 8.95. The minimum Gasteiger partial charge on any atom is -0.481 e. The molecule has 0 radical (unpaired) electrons. The van der Waals surface area contributed by atoms with Crippen LogP contribution in [-0.4, -0.2) is 43.2 Å². The molecule has 7 rings (SSSR count).